The number of thiophene rings is 1. The van der Waals surface area contributed by atoms with Crippen molar-refractivity contribution in [1.82, 2.24) is 19.9 Å². The number of rotatable bonds is 4. The van der Waals surface area contributed by atoms with Gasteiger partial charge in [0.1, 0.15) is 0 Å². The molecule has 1 atom stereocenters. The molecule has 1 N–H and O–H groups in total. The van der Waals surface area contributed by atoms with Crippen molar-refractivity contribution < 1.29 is 18.0 Å². The number of halogens is 4. The molecule has 0 aliphatic heterocycles. The van der Waals surface area contributed by atoms with Crippen LogP contribution in [0.25, 0.3) is 16.2 Å². The van der Waals surface area contributed by atoms with Crippen LogP contribution < -0.4 is 5.32 Å². The molecule has 3 rings (SSSR count). The Bertz CT molecular complexity index is 953. The first-order valence-corrected chi connectivity index (χ1v) is 9.40. The monoisotopic (exact) mass is 446 g/mol. The average molecular weight is 447 g/mol. The summed E-state index contributed by atoms with van der Waals surface area (Å²) in [5.41, 5.74) is -1.01. The number of aromatic nitrogens is 3. The average Bonchev–Trinajstić information content (AvgIpc) is 3.21. The van der Waals surface area contributed by atoms with Crippen LogP contribution in [-0.2, 0) is 6.18 Å². The topological polar surface area (TPSA) is 59.3 Å². The second-order valence-corrected chi connectivity index (χ2v) is 7.42. The van der Waals surface area contributed by atoms with Gasteiger partial charge < -0.3 is 5.32 Å². The minimum atomic E-state index is -4.65. The molecule has 26 heavy (non-hydrogen) atoms. The van der Waals surface area contributed by atoms with E-state index in [1.807, 2.05) is 6.92 Å². The third-order valence-corrected chi connectivity index (χ3v) is 5.42. The molecule has 0 radical (unpaired) electrons. The van der Waals surface area contributed by atoms with Gasteiger partial charge in [-0.1, -0.05) is 13.0 Å². The second kappa shape index (κ2) is 6.99. The predicted molar refractivity (Wildman–Crippen MR) is 96.2 cm³/mol. The Hall–Kier alpha value is -1.94. The summed E-state index contributed by atoms with van der Waals surface area (Å²) in [6.45, 7) is 3.69. The zero-order valence-electron chi connectivity index (χ0n) is 13.8. The van der Waals surface area contributed by atoms with Crippen molar-refractivity contribution in [2.24, 2.45) is 0 Å². The molecular formula is C16H14BrF3N4OS. The lowest BCUT2D eigenvalue weighted by Crippen LogP contribution is -2.32. The molecule has 3 aromatic heterocycles. The quantitative estimate of drug-likeness (QED) is 0.627. The minimum absolute atomic E-state index is 0.0578. The number of hydrogen-bond acceptors (Lipinski definition) is 4. The van der Waals surface area contributed by atoms with Crippen LogP contribution in [0.1, 0.15) is 36.5 Å². The lowest BCUT2D eigenvalue weighted by atomic mass is 10.2. The first-order chi connectivity index (χ1) is 12.2. The summed E-state index contributed by atoms with van der Waals surface area (Å²) < 4.78 is 41.4. The molecular weight excluding hydrogens is 433 g/mol. The number of carbonyl (C=O) groups is 1. The molecule has 0 saturated carbocycles. The first-order valence-electron chi connectivity index (χ1n) is 7.73. The van der Waals surface area contributed by atoms with Gasteiger partial charge in [-0.15, -0.1) is 11.3 Å². The van der Waals surface area contributed by atoms with Gasteiger partial charge in [0.2, 0.25) is 0 Å². The standard InChI is InChI=1S/C16H14BrF3N4OS/c1-3-8(2)21-15(25)13-12(17)14-22-9(10-5-4-6-26-10)7-11(16(18,19)20)24(14)23-13/h4-8H,3H2,1-2H3,(H,21,25). The van der Waals surface area contributed by atoms with E-state index < -0.39 is 17.8 Å². The number of carbonyl (C=O) groups excluding carboxylic acids is 1. The summed E-state index contributed by atoms with van der Waals surface area (Å²) in [7, 11) is 0. The molecule has 3 heterocycles. The van der Waals surface area contributed by atoms with E-state index >= 15 is 0 Å². The van der Waals surface area contributed by atoms with Crippen LogP contribution >= 0.6 is 27.3 Å². The zero-order chi connectivity index (χ0) is 19.1. The molecule has 1 unspecified atom stereocenters. The van der Waals surface area contributed by atoms with Crippen molar-refractivity contribution in [1.29, 1.82) is 0 Å². The highest BCUT2D eigenvalue weighted by Crippen LogP contribution is 2.35. The van der Waals surface area contributed by atoms with Crippen LogP contribution in [0.5, 0.6) is 0 Å². The van der Waals surface area contributed by atoms with Gasteiger partial charge in [-0.2, -0.15) is 18.3 Å². The van der Waals surface area contributed by atoms with Gasteiger partial charge in [0, 0.05) is 6.04 Å². The van der Waals surface area contributed by atoms with Crippen LogP contribution in [0, 0.1) is 0 Å². The lowest BCUT2D eigenvalue weighted by molar-refractivity contribution is -0.142. The van der Waals surface area contributed by atoms with E-state index in [-0.39, 0.29) is 27.5 Å². The summed E-state index contributed by atoms with van der Waals surface area (Å²) in [5.74, 6) is -0.553. The number of fused-ring (bicyclic) bond motifs is 1. The Morgan fingerprint density at radius 3 is 2.77 bits per heavy atom. The van der Waals surface area contributed by atoms with Crippen molar-refractivity contribution >= 4 is 38.8 Å². The molecule has 0 spiro atoms. The van der Waals surface area contributed by atoms with Gasteiger partial charge in [0.05, 0.1) is 15.0 Å². The fourth-order valence-corrected chi connectivity index (χ4v) is 3.49. The maximum absolute atomic E-state index is 13.5. The predicted octanol–water partition coefficient (Wildman–Crippen LogP) is 4.77. The van der Waals surface area contributed by atoms with Crippen molar-refractivity contribution in [3.8, 4) is 10.6 Å². The Morgan fingerprint density at radius 2 is 2.19 bits per heavy atom. The SMILES string of the molecule is CCC(C)NC(=O)c1nn2c(C(F)(F)F)cc(-c3cccs3)nc2c1Br. The van der Waals surface area contributed by atoms with E-state index in [0.29, 0.717) is 15.8 Å². The number of alkyl halides is 3. The van der Waals surface area contributed by atoms with E-state index in [4.69, 9.17) is 0 Å². The van der Waals surface area contributed by atoms with Gasteiger partial charge in [0.25, 0.3) is 5.91 Å². The minimum Gasteiger partial charge on any atom is -0.348 e. The van der Waals surface area contributed by atoms with Crippen molar-refractivity contribution in [3.63, 3.8) is 0 Å². The second-order valence-electron chi connectivity index (χ2n) is 5.68. The normalized spacial score (nSPS) is 13.2. The van der Waals surface area contributed by atoms with Gasteiger partial charge in [-0.25, -0.2) is 9.50 Å². The van der Waals surface area contributed by atoms with Crippen molar-refractivity contribution in [3.05, 3.63) is 39.4 Å². The molecule has 5 nitrogen and oxygen atoms in total. The summed E-state index contributed by atoms with van der Waals surface area (Å²) >= 11 is 4.47. The maximum Gasteiger partial charge on any atom is 0.433 e. The Labute approximate surface area is 159 Å². The number of amides is 1. The Balaban J connectivity index is 2.20. The Morgan fingerprint density at radius 1 is 1.46 bits per heavy atom. The lowest BCUT2D eigenvalue weighted by Gasteiger charge is -2.10. The van der Waals surface area contributed by atoms with Crippen LogP contribution in [0.2, 0.25) is 0 Å². The van der Waals surface area contributed by atoms with Gasteiger partial charge in [0.15, 0.2) is 17.0 Å². The molecule has 0 fully saturated rings. The van der Waals surface area contributed by atoms with E-state index in [0.717, 1.165) is 6.07 Å². The largest absolute Gasteiger partial charge is 0.433 e. The first kappa shape index (κ1) is 18.8. The third kappa shape index (κ3) is 3.48. The highest BCUT2D eigenvalue weighted by Gasteiger charge is 2.36. The van der Waals surface area contributed by atoms with Gasteiger partial charge >= 0.3 is 6.18 Å². The summed E-state index contributed by atoms with van der Waals surface area (Å²) in [6, 6.07) is 4.23. The Kier molecular flexibility index (Phi) is 5.07. The van der Waals surface area contributed by atoms with Crippen LogP contribution in [0.3, 0.4) is 0 Å². The summed E-state index contributed by atoms with van der Waals surface area (Å²) in [6.07, 6.45) is -3.96. The molecule has 0 aliphatic rings. The van der Waals surface area contributed by atoms with Crippen LogP contribution in [-0.4, -0.2) is 26.5 Å². The zero-order valence-corrected chi connectivity index (χ0v) is 16.2. The van der Waals surface area contributed by atoms with Gasteiger partial charge in [-0.3, -0.25) is 4.79 Å². The van der Waals surface area contributed by atoms with Crippen molar-refractivity contribution in [2.75, 3.05) is 0 Å². The van der Waals surface area contributed by atoms with E-state index in [9.17, 15) is 18.0 Å². The molecule has 0 bridgehead atoms. The molecule has 0 aromatic carbocycles. The number of nitrogens with zero attached hydrogens (tertiary/aromatic N) is 3. The molecule has 138 valence electrons. The maximum atomic E-state index is 13.5. The number of hydrogen-bond donors (Lipinski definition) is 1. The van der Waals surface area contributed by atoms with E-state index in [2.05, 4.69) is 31.3 Å². The molecule has 1 amide bonds. The van der Waals surface area contributed by atoms with Crippen molar-refractivity contribution in [2.45, 2.75) is 32.5 Å². The highest BCUT2D eigenvalue weighted by atomic mass is 79.9. The molecule has 0 aliphatic carbocycles. The summed E-state index contributed by atoms with van der Waals surface area (Å²) in [5, 5.41) is 8.32. The number of nitrogens with one attached hydrogen (secondary N) is 1. The highest BCUT2D eigenvalue weighted by molar-refractivity contribution is 9.10. The van der Waals surface area contributed by atoms with Gasteiger partial charge in [-0.05, 0) is 46.8 Å². The van der Waals surface area contributed by atoms with E-state index in [1.54, 1.807) is 24.4 Å². The summed E-state index contributed by atoms with van der Waals surface area (Å²) in [4.78, 5) is 17.2. The van der Waals surface area contributed by atoms with Crippen LogP contribution in [0.4, 0.5) is 13.2 Å². The van der Waals surface area contributed by atoms with E-state index in [1.165, 1.54) is 11.3 Å². The molecule has 3 aromatic rings. The fraction of sp³-hybridized carbons (Fsp3) is 0.312. The van der Waals surface area contributed by atoms with Crippen LogP contribution in [0.15, 0.2) is 28.1 Å². The fourth-order valence-electron chi connectivity index (χ4n) is 2.28. The smallest absolute Gasteiger partial charge is 0.348 e. The molecule has 10 heteroatoms. The molecule has 0 saturated heterocycles. The third-order valence-electron chi connectivity index (χ3n) is 3.80.